The molecule has 0 bridgehead atoms. The molecule has 3 heteroatoms. The molecule has 2 fully saturated rings. The lowest BCUT2D eigenvalue weighted by Crippen LogP contribution is -2.64. The molecule has 72 valence electrons. The van der Waals surface area contributed by atoms with Crippen LogP contribution in [0.1, 0.15) is 30.9 Å². The monoisotopic (exact) mass is 188 g/mol. The normalized spacial score (nSPS) is 27.7. The second kappa shape index (κ2) is 2.56. The van der Waals surface area contributed by atoms with E-state index in [2.05, 4.69) is 10.3 Å². The van der Waals surface area contributed by atoms with Gasteiger partial charge >= 0.3 is 0 Å². The zero-order valence-corrected chi connectivity index (χ0v) is 7.86. The lowest BCUT2D eigenvalue weighted by atomic mass is 9.57. The Morgan fingerprint density at radius 1 is 1.50 bits per heavy atom. The highest BCUT2D eigenvalue weighted by Gasteiger charge is 2.58. The molecular weight excluding hydrogens is 176 g/mol. The average Bonchev–Trinajstić information content (AvgIpc) is 2.13. The van der Waals surface area contributed by atoms with Gasteiger partial charge in [-0.05, 0) is 24.5 Å². The number of hydrogen-bond acceptors (Lipinski definition) is 2. The molecule has 14 heavy (non-hydrogen) atoms. The van der Waals surface area contributed by atoms with E-state index in [1.165, 1.54) is 6.42 Å². The van der Waals surface area contributed by atoms with E-state index in [4.69, 9.17) is 0 Å². The molecule has 2 heterocycles. The third-order valence-electron chi connectivity index (χ3n) is 3.54. The summed E-state index contributed by atoms with van der Waals surface area (Å²) in [4.78, 5) is 15.6. The molecule has 3 nitrogen and oxygen atoms in total. The minimum atomic E-state index is -0.0664. The van der Waals surface area contributed by atoms with Crippen molar-refractivity contribution >= 4 is 5.91 Å². The maximum absolute atomic E-state index is 11.5. The maximum atomic E-state index is 11.5. The van der Waals surface area contributed by atoms with E-state index in [0.717, 1.165) is 18.4 Å². The van der Waals surface area contributed by atoms with Gasteiger partial charge in [0.15, 0.2) is 0 Å². The Balaban J connectivity index is 1.91. The van der Waals surface area contributed by atoms with Gasteiger partial charge in [-0.3, -0.25) is 9.78 Å². The highest BCUT2D eigenvalue weighted by atomic mass is 16.2. The molecule has 0 radical (unpaired) electrons. The van der Waals surface area contributed by atoms with Gasteiger partial charge in [-0.1, -0.05) is 12.5 Å². The van der Waals surface area contributed by atoms with Gasteiger partial charge in [-0.2, -0.15) is 0 Å². The van der Waals surface area contributed by atoms with Gasteiger partial charge in [-0.15, -0.1) is 0 Å². The van der Waals surface area contributed by atoms with Crippen molar-refractivity contribution in [1.82, 2.24) is 10.3 Å². The lowest BCUT2D eigenvalue weighted by Gasteiger charge is -2.54. The Kier molecular flexibility index (Phi) is 1.46. The maximum Gasteiger partial charge on any atom is 0.229 e. The van der Waals surface area contributed by atoms with Crippen LogP contribution in [0, 0.1) is 5.41 Å². The van der Waals surface area contributed by atoms with Gasteiger partial charge in [0.25, 0.3) is 0 Å². The molecule has 1 aliphatic carbocycles. The fraction of sp³-hybridized carbons (Fsp3) is 0.455. The predicted molar refractivity (Wildman–Crippen MR) is 51.4 cm³/mol. The van der Waals surface area contributed by atoms with Crippen LogP contribution in [0.4, 0.5) is 0 Å². The van der Waals surface area contributed by atoms with E-state index in [1.54, 1.807) is 6.20 Å². The molecule has 1 N–H and O–H groups in total. The van der Waals surface area contributed by atoms with Crippen LogP contribution in [-0.2, 0) is 4.79 Å². The van der Waals surface area contributed by atoms with Gasteiger partial charge < -0.3 is 5.32 Å². The third kappa shape index (κ3) is 0.820. The first-order valence-electron chi connectivity index (χ1n) is 5.04. The van der Waals surface area contributed by atoms with Crippen molar-refractivity contribution in [3.63, 3.8) is 0 Å². The Hall–Kier alpha value is -1.38. The van der Waals surface area contributed by atoms with E-state index in [9.17, 15) is 4.79 Å². The van der Waals surface area contributed by atoms with Crippen molar-refractivity contribution in [3.05, 3.63) is 30.1 Å². The van der Waals surface area contributed by atoms with Crippen LogP contribution >= 0.6 is 0 Å². The molecule has 3 rings (SSSR count). The van der Waals surface area contributed by atoms with Crippen molar-refractivity contribution in [2.24, 2.45) is 5.41 Å². The molecule has 1 spiro atoms. The summed E-state index contributed by atoms with van der Waals surface area (Å²) in [6.45, 7) is 0. The number of aromatic nitrogens is 1. The van der Waals surface area contributed by atoms with Crippen LogP contribution in [0.3, 0.4) is 0 Å². The lowest BCUT2D eigenvalue weighted by molar-refractivity contribution is -0.155. The Labute approximate surface area is 82.5 Å². The van der Waals surface area contributed by atoms with Crippen LogP contribution in [0.5, 0.6) is 0 Å². The molecule has 1 aliphatic heterocycles. The summed E-state index contributed by atoms with van der Waals surface area (Å²) >= 11 is 0. The van der Waals surface area contributed by atoms with Crippen molar-refractivity contribution in [1.29, 1.82) is 0 Å². The molecular formula is C11H12N2O. The first kappa shape index (κ1) is 7.97. The number of carbonyl (C=O) groups excluding carboxylic acids is 1. The molecule has 1 saturated carbocycles. The van der Waals surface area contributed by atoms with E-state index >= 15 is 0 Å². The first-order valence-corrected chi connectivity index (χ1v) is 5.04. The van der Waals surface area contributed by atoms with E-state index in [-0.39, 0.29) is 17.4 Å². The predicted octanol–water partition coefficient (Wildman–Crippen LogP) is 1.42. The molecule has 2 aliphatic rings. The molecule has 1 aromatic rings. The number of β-lactam (4-membered cyclic amide) rings is 1. The van der Waals surface area contributed by atoms with E-state index < -0.39 is 0 Å². The minimum Gasteiger partial charge on any atom is -0.348 e. The van der Waals surface area contributed by atoms with Crippen molar-refractivity contribution in [3.8, 4) is 0 Å². The zero-order valence-electron chi connectivity index (χ0n) is 7.86. The van der Waals surface area contributed by atoms with Gasteiger partial charge in [-0.25, -0.2) is 0 Å². The standard InChI is InChI=1S/C11H12N2O/c14-10-11(4-2-5-11)9(13-10)8-3-1-6-12-7-8/h1,3,6-7,9H,2,4-5H2,(H,13,14)/t9-/m0/s1. The molecule has 1 aromatic heterocycles. The Morgan fingerprint density at radius 2 is 2.36 bits per heavy atom. The number of hydrogen-bond donors (Lipinski definition) is 1. The zero-order chi connectivity index (χ0) is 9.60. The molecule has 1 amide bonds. The second-order valence-corrected chi connectivity index (χ2v) is 4.20. The van der Waals surface area contributed by atoms with Crippen LogP contribution < -0.4 is 5.32 Å². The quantitative estimate of drug-likeness (QED) is 0.677. The minimum absolute atomic E-state index is 0.0664. The van der Waals surface area contributed by atoms with Crippen LogP contribution in [0.15, 0.2) is 24.5 Å². The summed E-state index contributed by atoms with van der Waals surface area (Å²) in [6.07, 6.45) is 6.88. The summed E-state index contributed by atoms with van der Waals surface area (Å²) in [5.41, 5.74) is 1.08. The Morgan fingerprint density at radius 3 is 2.86 bits per heavy atom. The number of nitrogens with zero attached hydrogens (tertiary/aromatic N) is 1. The van der Waals surface area contributed by atoms with Gasteiger partial charge in [0, 0.05) is 12.4 Å². The summed E-state index contributed by atoms with van der Waals surface area (Å²) in [5.74, 6) is 0.234. The van der Waals surface area contributed by atoms with Crippen molar-refractivity contribution < 1.29 is 4.79 Å². The highest BCUT2D eigenvalue weighted by Crippen LogP contribution is 2.55. The van der Waals surface area contributed by atoms with Gasteiger partial charge in [0.2, 0.25) is 5.91 Å². The number of rotatable bonds is 1. The first-order chi connectivity index (χ1) is 6.83. The number of pyridine rings is 1. The highest BCUT2D eigenvalue weighted by molar-refractivity contribution is 5.91. The number of carbonyl (C=O) groups is 1. The van der Waals surface area contributed by atoms with Crippen molar-refractivity contribution in [2.45, 2.75) is 25.3 Å². The topological polar surface area (TPSA) is 42.0 Å². The summed E-state index contributed by atoms with van der Waals surface area (Å²) in [5, 5.41) is 2.97. The molecule has 0 aromatic carbocycles. The van der Waals surface area contributed by atoms with Crippen LogP contribution in [-0.4, -0.2) is 10.9 Å². The molecule has 1 atom stereocenters. The smallest absolute Gasteiger partial charge is 0.229 e. The largest absolute Gasteiger partial charge is 0.348 e. The van der Waals surface area contributed by atoms with E-state index in [1.807, 2.05) is 18.3 Å². The number of amides is 1. The fourth-order valence-corrected chi connectivity index (χ4v) is 2.49. The van der Waals surface area contributed by atoms with Crippen molar-refractivity contribution in [2.75, 3.05) is 0 Å². The third-order valence-corrected chi connectivity index (χ3v) is 3.54. The summed E-state index contributed by atoms with van der Waals surface area (Å²) in [6, 6.07) is 4.18. The van der Waals surface area contributed by atoms with Crippen LogP contribution in [0.2, 0.25) is 0 Å². The van der Waals surface area contributed by atoms with Gasteiger partial charge in [0.1, 0.15) is 0 Å². The fourth-order valence-electron chi connectivity index (χ4n) is 2.49. The summed E-state index contributed by atoms with van der Waals surface area (Å²) in [7, 11) is 0. The SMILES string of the molecule is O=C1N[C@@H](c2cccnc2)C12CCC2. The molecule has 1 saturated heterocycles. The summed E-state index contributed by atoms with van der Waals surface area (Å²) < 4.78 is 0. The van der Waals surface area contributed by atoms with Gasteiger partial charge in [0.05, 0.1) is 11.5 Å². The van der Waals surface area contributed by atoms with E-state index in [0.29, 0.717) is 0 Å². The second-order valence-electron chi connectivity index (χ2n) is 4.20. The molecule has 0 unspecified atom stereocenters. The number of nitrogens with one attached hydrogen (secondary N) is 1. The Bertz CT molecular complexity index is 370. The van der Waals surface area contributed by atoms with Crippen LogP contribution in [0.25, 0.3) is 0 Å². The average molecular weight is 188 g/mol.